The lowest BCUT2D eigenvalue weighted by Gasteiger charge is -2.48. The highest BCUT2D eigenvalue weighted by Gasteiger charge is 2.62. The van der Waals surface area contributed by atoms with Crippen LogP contribution in [0.15, 0.2) is 0 Å². The molecule has 4 aliphatic heterocycles. The molecule has 12 nitrogen and oxygen atoms in total. The molecule has 0 aromatic rings. The molecule has 6 fully saturated rings. The van der Waals surface area contributed by atoms with Crippen LogP contribution in [-0.2, 0) is 23.9 Å². The number of carbonyl (C=O) groups excluding carboxylic acids is 5. The summed E-state index contributed by atoms with van der Waals surface area (Å²) in [7, 11) is 0. The third kappa shape index (κ3) is 9.08. The maximum absolute atomic E-state index is 14.2. The highest BCUT2D eigenvalue weighted by Crippen LogP contribution is 2.49. The van der Waals surface area contributed by atoms with E-state index in [4.69, 9.17) is 4.74 Å². The SMILES string of the molecule is CC[C@@H]1CN(C(=O)C(F)(F)F)C2(CC2)CN1C(=O)[C@@H]1C[C@@H](F)CN1.CC[C@@H]1CN(C(=O)C(F)(F)F)C2(CC2)CN1C(=O)[C@@H]1C[C@@H](F)CN1C(=O)OC(C)(C)C. The van der Waals surface area contributed by atoms with Crippen molar-refractivity contribution < 1.29 is 63.8 Å². The molecule has 1 N–H and O–H groups in total. The monoisotopic (exact) mass is 802 g/mol. The average Bonchev–Trinajstić information content (AvgIpc) is 3.95. The van der Waals surface area contributed by atoms with Gasteiger partial charge < -0.3 is 29.7 Å². The van der Waals surface area contributed by atoms with Crippen LogP contribution in [0.1, 0.15) is 86.0 Å². The second-order valence-corrected chi connectivity index (χ2v) is 16.6. The first-order chi connectivity index (χ1) is 25.4. The molecule has 312 valence electrons. The summed E-state index contributed by atoms with van der Waals surface area (Å²) in [4.78, 5) is 68.1. The van der Waals surface area contributed by atoms with Crippen molar-refractivity contribution >= 4 is 29.7 Å². The summed E-state index contributed by atoms with van der Waals surface area (Å²) < 4.78 is 111. The second-order valence-electron chi connectivity index (χ2n) is 16.6. The van der Waals surface area contributed by atoms with Crippen molar-refractivity contribution in [2.45, 2.75) is 152 Å². The summed E-state index contributed by atoms with van der Waals surface area (Å²) in [6.45, 7) is 7.98. The van der Waals surface area contributed by atoms with Crippen molar-refractivity contribution in [3.05, 3.63) is 0 Å². The predicted octanol–water partition coefficient (Wildman–Crippen LogP) is 4.11. The maximum atomic E-state index is 14.2. The molecule has 6 rings (SSSR count). The van der Waals surface area contributed by atoms with Gasteiger partial charge in [0.2, 0.25) is 11.8 Å². The number of alkyl halides is 8. The Kier molecular flexibility index (Phi) is 11.7. The van der Waals surface area contributed by atoms with E-state index in [1.165, 1.54) is 4.90 Å². The van der Waals surface area contributed by atoms with Crippen molar-refractivity contribution in [1.82, 2.24) is 29.8 Å². The van der Waals surface area contributed by atoms with E-state index in [1.807, 2.05) is 0 Å². The summed E-state index contributed by atoms with van der Waals surface area (Å²) in [5.74, 6) is -4.50. The van der Waals surface area contributed by atoms with E-state index in [0.29, 0.717) is 38.5 Å². The smallest absolute Gasteiger partial charge is 0.444 e. The van der Waals surface area contributed by atoms with Crippen LogP contribution in [0.25, 0.3) is 0 Å². The molecule has 20 heteroatoms. The fraction of sp³-hybridized carbons (Fsp3) is 0.857. The molecular formula is C35H50F8N6O6. The molecule has 0 unspecified atom stereocenters. The molecule has 0 aromatic heterocycles. The van der Waals surface area contributed by atoms with Crippen molar-refractivity contribution in [1.29, 1.82) is 0 Å². The molecule has 0 bridgehead atoms. The summed E-state index contributed by atoms with van der Waals surface area (Å²) in [6, 6.07) is -2.84. The number of amides is 5. The van der Waals surface area contributed by atoms with Crippen molar-refractivity contribution in [3.63, 3.8) is 0 Å². The van der Waals surface area contributed by atoms with Crippen LogP contribution < -0.4 is 5.32 Å². The van der Waals surface area contributed by atoms with E-state index in [-0.39, 0.29) is 58.0 Å². The molecule has 6 atom stereocenters. The maximum Gasteiger partial charge on any atom is 0.471 e. The Hall–Kier alpha value is -3.45. The lowest BCUT2D eigenvalue weighted by atomic mass is 10.00. The van der Waals surface area contributed by atoms with Crippen LogP contribution in [0.2, 0.25) is 0 Å². The highest BCUT2D eigenvalue weighted by atomic mass is 19.4. The summed E-state index contributed by atoms with van der Waals surface area (Å²) in [6.07, 6.45) is -10.9. The van der Waals surface area contributed by atoms with Crippen LogP contribution in [-0.4, -0.2) is 159 Å². The van der Waals surface area contributed by atoms with Gasteiger partial charge >= 0.3 is 30.3 Å². The van der Waals surface area contributed by atoms with Gasteiger partial charge in [0, 0.05) is 57.6 Å². The Labute approximate surface area is 314 Å². The van der Waals surface area contributed by atoms with Gasteiger partial charge in [-0.05, 0) is 59.3 Å². The van der Waals surface area contributed by atoms with E-state index < -0.39 is 89.4 Å². The normalized spacial score (nSPS) is 29.9. The largest absolute Gasteiger partial charge is 0.471 e. The molecule has 2 saturated carbocycles. The molecule has 0 radical (unpaired) electrons. The number of piperazine rings is 2. The first-order valence-electron chi connectivity index (χ1n) is 18.8. The minimum Gasteiger partial charge on any atom is -0.444 e. The number of nitrogens with zero attached hydrogens (tertiary/aromatic N) is 5. The zero-order valence-corrected chi connectivity index (χ0v) is 31.6. The molecule has 4 heterocycles. The molecule has 2 spiro atoms. The Morgan fingerprint density at radius 1 is 0.673 bits per heavy atom. The van der Waals surface area contributed by atoms with Crippen LogP contribution in [0.3, 0.4) is 0 Å². The lowest BCUT2D eigenvalue weighted by Crippen LogP contribution is -2.66. The first kappa shape index (κ1) is 42.7. The van der Waals surface area contributed by atoms with Gasteiger partial charge in [0.05, 0.1) is 23.7 Å². The topological polar surface area (TPSA) is 123 Å². The zero-order valence-electron chi connectivity index (χ0n) is 31.6. The Morgan fingerprint density at radius 2 is 1.13 bits per heavy atom. The number of nitrogens with one attached hydrogen (secondary N) is 1. The van der Waals surface area contributed by atoms with Crippen LogP contribution in [0.5, 0.6) is 0 Å². The summed E-state index contributed by atoms with van der Waals surface area (Å²) in [5, 5.41) is 2.83. The Morgan fingerprint density at radius 3 is 1.49 bits per heavy atom. The summed E-state index contributed by atoms with van der Waals surface area (Å²) in [5.41, 5.74) is -2.77. The van der Waals surface area contributed by atoms with E-state index in [1.54, 1.807) is 39.5 Å². The standard InChI is InChI=1S/C20H29F4N3O4.C15H21F4N3O2/c1-5-13-10-27(16(29)20(22,23)24)19(6-7-19)11-26(13)15(28)14-8-12(21)9-25(14)17(30)31-18(2,3)4;1-2-10-7-22(13(24)15(17,18)19)14(3-4-14)8-21(10)12(23)11-5-9(16)6-20-11/h12-14H,5-11H2,1-4H3;9-11,20H,2-8H2,1H3/t12-,13-,14+;9-,10-,11+/m11/s1. The van der Waals surface area contributed by atoms with Gasteiger partial charge in [0.15, 0.2) is 0 Å². The number of hydrogen-bond donors (Lipinski definition) is 1. The minimum absolute atomic E-state index is 0.0538. The van der Waals surface area contributed by atoms with Crippen molar-refractivity contribution in [2.75, 3.05) is 39.3 Å². The number of carbonyl (C=O) groups is 5. The molecule has 4 saturated heterocycles. The molecule has 6 aliphatic rings. The van der Waals surface area contributed by atoms with E-state index in [0.717, 1.165) is 14.7 Å². The van der Waals surface area contributed by atoms with Gasteiger partial charge in [0.25, 0.3) is 0 Å². The number of halogens is 8. The number of hydrogen-bond acceptors (Lipinski definition) is 7. The van der Waals surface area contributed by atoms with Gasteiger partial charge in [0.1, 0.15) is 24.0 Å². The fourth-order valence-electron chi connectivity index (χ4n) is 8.14. The third-order valence-electron chi connectivity index (χ3n) is 11.4. The fourth-order valence-corrected chi connectivity index (χ4v) is 8.14. The lowest BCUT2D eigenvalue weighted by molar-refractivity contribution is -0.193. The van der Waals surface area contributed by atoms with Crippen LogP contribution in [0, 0.1) is 0 Å². The van der Waals surface area contributed by atoms with E-state index in [2.05, 4.69) is 5.32 Å². The van der Waals surface area contributed by atoms with Crippen LogP contribution >= 0.6 is 0 Å². The highest BCUT2D eigenvalue weighted by molar-refractivity contribution is 5.88. The molecule has 5 amide bonds. The first-order valence-corrected chi connectivity index (χ1v) is 18.8. The average molecular weight is 803 g/mol. The van der Waals surface area contributed by atoms with Gasteiger partial charge in [-0.25, -0.2) is 13.6 Å². The molecule has 2 aliphatic carbocycles. The third-order valence-corrected chi connectivity index (χ3v) is 11.4. The quantitative estimate of drug-likeness (QED) is 0.425. The van der Waals surface area contributed by atoms with E-state index in [9.17, 15) is 59.1 Å². The van der Waals surface area contributed by atoms with Gasteiger partial charge in [-0.1, -0.05) is 13.8 Å². The molecular weight excluding hydrogens is 752 g/mol. The minimum atomic E-state index is -4.99. The van der Waals surface area contributed by atoms with Gasteiger partial charge in [-0.15, -0.1) is 0 Å². The van der Waals surface area contributed by atoms with Gasteiger partial charge in [-0.3, -0.25) is 24.1 Å². The number of likely N-dealkylation sites (tertiary alicyclic amines) is 1. The molecule has 55 heavy (non-hydrogen) atoms. The Bertz CT molecular complexity index is 1500. The zero-order chi connectivity index (χ0) is 41.1. The van der Waals surface area contributed by atoms with Crippen molar-refractivity contribution in [3.8, 4) is 0 Å². The Balaban J connectivity index is 0.000000218. The predicted molar refractivity (Wildman–Crippen MR) is 179 cm³/mol. The van der Waals surface area contributed by atoms with Gasteiger partial charge in [-0.2, -0.15) is 26.3 Å². The van der Waals surface area contributed by atoms with Crippen molar-refractivity contribution in [2.24, 2.45) is 0 Å². The van der Waals surface area contributed by atoms with E-state index >= 15 is 0 Å². The number of rotatable bonds is 4. The molecule has 0 aromatic carbocycles. The summed E-state index contributed by atoms with van der Waals surface area (Å²) >= 11 is 0. The van der Waals surface area contributed by atoms with Crippen LogP contribution in [0.4, 0.5) is 39.9 Å². The second kappa shape index (κ2) is 15.1. The number of ether oxygens (including phenoxy) is 1.